The predicted molar refractivity (Wildman–Crippen MR) is 165 cm³/mol. The minimum absolute atomic E-state index is 0.0226. The van der Waals surface area contributed by atoms with Gasteiger partial charge in [0, 0.05) is 35.9 Å². The summed E-state index contributed by atoms with van der Waals surface area (Å²) in [7, 11) is 0. The van der Waals surface area contributed by atoms with Crippen LogP contribution in [0.2, 0.25) is 0 Å². The van der Waals surface area contributed by atoms with Gasteiger partial charge in [0.05, 0.1) is 18.7 Å². The third-order valence-electron chi connectivity index (χ3n) is 8.40. The van der Waals surface area contributed by atoms with Gasteiger partial charge in [-0.3, -0.25) is 19.3 Å². The number of oxime groups is 1. The van der Waals surface area contributed by atoms with Crippen molar-refractivity contribution in [1.82, 2.24) is 29.4 Å². The fourth-order valence-corrected chi connectivity index (χ4v) is 7.78. The topological polar surface area (TPSA) is 285 Å². The van der Waals surface area contributed by atoms with E-state index < -0.39 is 58.9 Å². The summed E-state index contributed by atoms with van der Waals surface area (Å²) in [5, 5.41) is 33.9. The monoisotopic (exact) mass is 720 g/mol. The van der Waals surface area contributed by atoms with Gasteiger partial charge in [-0.1, -0.05) is 5.16 Å². The van der Waals surface area contributed by atoms with E-state index in [4.69, 9.17) is 19.3 Å². The number of ether oxygens (including phenoxy) is 1. The Bertz CT molecular complexity index is 1880. The van der Waals surface area contributed by atoms with Gasteiger partial charge < -0.3 is 49.8 Å². The largest absolute Gasteiger partial charge is 0.519 e. The summed E-state index contributed by atoms with van der Waals surface area (Å²) in [5.41, 5.74) is 5.15. The summed E-state index contributed by atoms with van der Waals surface area (Å²) in [6.07, 6.45) is 1.19. The molecule has 6 N–H and O–H groups in total. The highest BCUT2D eigenvalue weighted by Gasteiger charge is 2.54. The van der Waals surface area contributed by atoms with Crippen molar-refractivity contribution in [2.24, 2.45) is 5.16 Å². The van der Waals surface area contributed by atoms with Gasteiger partial charge in [-0.2, -0.15) is 9.36 Å². The molecule has 4 aliphatic rings. The quantitative estimate of drug-likeness (QED) is 0.0670. The van der Waals surface area contributed by atoms with Crippen LogP contribution in [0, 0.1) is 6.92 Å². The summed E-state index contributed by atoms with van der Waals surface area (Å²) < 4.78 is 18.7. The fraction of sp³-hybridized carbons (Fsp3) is 0.444. The molecule has 4 amide bonds. The van der Waals surface area contributed by atoms with E-state index in [1.807, 2.05) is 0 Å². The van der Waals surface area contributed by atoms with Gasteiger partial charge in [0.2, 0.25) is 17.4 Å². The number of anilines is 1. The van der Waals surface area contributed by atoms with Crippen molar-refractivity contribution in [3.8, 4) is 0 Å². The van der Waals surface area contributed by atoms with E-state index >= 15 is 0 Å². The van der Waals surface area contributed by atoms with Crippen LogP contribution in [0.5, 0.6) is 0 Å². The van der Waals surface area contributed by atoms with E-state index in [0.717, 1.165) is 16.4 Å². The van der Waals surface area contributed by atoms with Crippen LogP contribution in [-0.2, 0) is 30.5 Å². The Kier molecular flexibility index (Phi) is 9.18. The fourth-order valence-electron chi connectivity index (χ4n) is 6.04. The number of hydrogen-bond donors (Lipinski definition) is 5. The van der Waals surface area contributed by atoms with Crippen LogP contribution in [0.25, 0.3) is 0 Å². The third-order valence-corrected chi connectivity index (χ3v) is 10.2. The molecule has 22 heteroatoms. The number of rotatable bonds is 9. The lowest BCUT2D eigenvalue weighted by Crippen LogP contribution is -2.71. The lowest BCUT2D eigenvalue weighted by atomic mass is 10.0. The Morgan fingerprint density at radius 3 is 2.65 bits per heavy atom. The second-order valence-electron chi connectivity index (χ2n) is 11.2. The van der Waals surface area contributed by atoms with Gasteiger partial charge in [-0.25, -0.2) is 14.4 Å². The third kappa shape index (κ3) is 6.24. The van der Waals surface area contributed by atoms with Crippen molar-refractivity contribution < 1.29 is 53.0 Å². The maximum Gasteiger partial charge on any atom is 0.519 e. The van der Waals surface area contributed by atoms with E-state index in [1.54, 1.807) is 4.90 Å². The zero-order valence-corrected chi connectivity index (χ0v) is 27.1. The van der Waals surface area contributed by atoms with Crippen molar-refractivity contribution in [3.63, 3.8) is 0 Å². The van der Waals surface area contributed by atoms with Crippen molar-refractivity contribution in [3.05, 3.63) is 50.9 Å². The molecule has 2 unspecified atom stereocenters. The lowest BCUT2D eigenvalue weighted by Gasteiger charge is -2.49. The van der Waals surface area contributed by atoms with E-state index in [-0.39, 0.29) is 84.6 Å². The molecule has 3 saturated heterocycles. The molecule has 0 radical (unpaired) electrons. The smallest absolute Gasteiger partial charge is 0.477 e. The van der Waals surface area contributed by atoms with E-state index in [0.29, 0.717) is 5.57 Å². The van der Waals surface area contributed by atoms with Gasteiger partial charge in [0.25, 0.3) is 11.8 Å². The number of aliphatic carboxylic acids is 1. The SMILES string of the molecule is Cc1oc(=O)oc1COC(=O)N1CC(N2CCC(=CC3=C(C(=O)O)N4C(=O)[C@@H](NC(=O)C(=NO)c5nsc(N)n5)[C@H]4SC3)C2=O)CC1CO. The second-order valence-corrected chi connectivity index (χ2v) is 13.1. The van der Waals surface area contributed by atoms with Gasteiger partial charge in [-0.05, 0) is 31.4 Å². The number of carboxylic acids is 1. The lowest BCUT2D eigenvalue weighted by molar-refractivity contribution is -0.150. The average Bonchev–Trinajstić information content (AvgIpc) is 3.85. The molecule has 0 spiro atoms. The summed E-state index contributed by atoms with van der Waals surface area (Å²) in [5.74, 6) is -4.36. The molecule has 20 nitrogen and oxygen atoms in total. The van der Waals surface area contributed by atoms with E-state index in [1.165, 1.54) is 29.7 Å². The van der Waals surface area contributed by atoms with Crippen molar-refractivity contribution >= 4 is 63.9 Å². The van der Waals surface area contributed by atoms with Crippen LogP contribution < -0.4 is 16.9 Å². The average molecular weight is 721 g/mol. The maximum atomic E-state index is 13.5. The number of β-lactam (4-membered cyclic amide) rings is 1. The Hall–Kier alpha value is -5.22. The van der Waals surface area contributed by atoms with Gasteiger partial charge in [0.15, 0.2) is 23.3 Å². The number of allylic oxidation sites excluding steroid dienone is 1. The number of nitrogens with one attached hydrogen (secondary N) is 1. The molecule has 0 aliphatic carbocycles. The number of thioether (sulfide) groups is 1. The highest BCUT2D eigenvalue weighted by Crippen LogP contribution is 2.41. The van der Waals surface area contributed by atoms with Crippen LogP contribution in [0.1, 0.15) is 30.2 Å². The number of carbonyl (C=O) groups excluding carboxylic acids is 4. The molecule has 49 heavy (non-hydrogen) atoms. The number of amides is 4. The number of aryl methyl sites for hydroxylation is 1. The number of fused-ring (bicyclic) bond motifs is 1. The minimum Gasteiger partial charge on any atom is -0.477 e. The molecule has 4 atom stereocenters. The first-order chi connectivity index (χ1) is 23.4. The first-order valence-electron chi connectivity index (χ1n) is 14.6. The van der Waals surface area contributed by atoms with Crippen LogP contribution >= 0.6 is 23.3 Å². The molecule has 6 rings (SSSR count). The summed E-state index contributed by atoms with van der Waals surface area (Å²) in [6, 6.07) is -2.26. The number of nitrogens with two attached hydrogens (primary N) is 1. The molecule has 260 valence electrons. The zero-order valence-electron chi connectivity index (χ0n) is 25.4. The standard InChI is InChI=1S/C27H28N8O12S2/c1-10-15(47-27(43)46-10)8-45-26(42)34-6-13(5-14(34)7-36)33-3-2-11(21(33)38)4-12-9-48-23-17(22(39)35(23)18(12)24(40)41)29-20(37)16(31-44)19-30-25(28)49-32-19/h4,13-14,17,23,36,44H,2-3,5-9H2,1H3,(H,29,37)(H,40,41)(H2,28,30,32)/t13?,14?,17-,23-/m1/s1. The number of carboxylic acid groups (broad SMARTS) is 1. The van der Waals surface area contributed by atoms with Crippen LogP contribution in [0.4, 0.5) is 9.93 Å². The highest BCUT2D eigenvalue weighted by molar-refractivity contribution is 8.00. The molecule has 3 fully saturated rings. The van der Waals surface area contributed by atoms with Gasteiger partial charge in [-0.15, -0.1) is 11.8 Å². The predicted octanol–water partition coefficient (Wildman–Crippen LogP) is -1.18. The Morgan fingerprint density at radius 2 is 2.02 bits per heavy atom. The maximum absolute atomic E-state index is 13.5. The Labute approximate surface area is 283 Å². The summed E-state index contributed by atoms with van der Waals surface area (Å²) >= 11 is 1.94. The van der Waals surface area contributed by atoms with Crippen LogP contribution in [0.15, 0.2) is 41.7 Å². The number of hydrogen-bond acceptors (Lipinski definition) is 17. The van der Waals surface area contributed by atoms with Crippen molar-refractivity contribution in [2.75, 3.05) is 31.2 Å². The van der Waals surface area contributed by atoms with E-state index in [9.17, 15) is 44.2 Å². The number of aliphatic hydroxyl groups is 1. The number of nitrogens with zero attached hydrogens (tertiary/aromatic N) is 6. The number of likely N-dealkylation sites (tertiary alicyclic amines) is 2. The molecule has 4 aliphatic heterocycles. The van der Waals surface area contributed by atoms with Crippen LogP contribution in [0.3, 0.4) is 0 Å². The Morgan fingerprint density at radius 1 is 1.24 bits per heavy atom. The van der Waals surface area contributed by atoms with E-state index in [2.05, 4.69) is 19.8 Å². The molecule has 0 bridgehead atoms. The minimum atomic E-state index is -1.40. The molecule has 2 aromatic rings. The number of aromatic nitrogens is 2. The molecule has 0 aromatic carbocycles. The zero-order chi connectivity index (χ0) is 35.1. The van der Waals surface area contributed by atoms with Crippen molar-refractivity contribution in [1.29, 1.82) is 0 Å². The van der Waals surface area contributed by atoms with Crippen LogP contribution in [-0.4, -0.2) is 124 Å². The highest BCUT2D eigenvalue weighted by atomic mass is 32.2. The number of aliphatic hydroxyl groups excluding tert-OH is 1. The van der Waals surface area contributed by atoms with Crippen molar-refractivity contribution in [2.45, 2.75) is 49.9 Å². The number of carbonyl (C=O) groups is 5. The van der Waals surface area contributed by atoms with Gasteiger partial charge >= 0.3 is 17.9 Å². The Balaban J connectivity index is 1.12. The molecule has 0 saturated carbocycles. The first-order valence-corrected chi connectivity index (χ1v) is 16.4. The molecule has 6 heterocycles. The first kappa shape index (κ1) is 33.7. The summed E-state index contributed by atoms with van der Waals surface area (Å²) in [6.45, 7) is 1.05. The van der Waals surface area contributed by atoms with Gasteiger partial charge in [0.1, 0.15) is 17.1 Å². The normalized spacial score (nSPS) is 24.8. The second kappa shape index (κ2) is 13.4. The molecular weight excluding hydrogens is 692 g/mol. The molecular formula is C27H28N8O12S2. The number of nitrogen functional groups attached to an aromatic ring is 1. The summed E-state index contributed by atoms with van der Waals surface area (Å²) in [4.78, 5) is 83.6. The molecule has 2 aromatic heterocycles.